The third kappa shape index (κ3) is 2.41. The Labute approximate surface area is 111 Å². The summed E-state index contributed by atoms with van der Waals surface area (Å²) in [4.78, 5) is 25.0. The van der Waals surface area contributed by atoms with Crippen LogP contribution in [0.4, 0.5) is 0 Å². The minimum absolute atomic E-state index is 0.0564. The third-order valence-electron chi connectivity index (χ3n) is 3.75. The van der Waals surface area contributed by atoms with Gasteiger partial charge in [-0.3, -0.25) is 9.59 Å². The highest BCUT2D eigenvalue weighted by Crippen LogP contribution is 2.27. The van der Waals surface area contributed by atoms with Crippen molar-refractivity contribution in [1.82, 2.24) is 4.90 Å². The number of aromatic hydroxyl groups is 1. The van der Waals surface area contributed by atoms with Crippen LogP contribution in [-0.4, -0.2) is 40.1 Å². The van der Waals surface area contributed by atoms with E-state index in [0.29, 0.717) is 17.7 Å². The van der Waals surface area contributed by atoms with E-state index in [1.165, 1.54) is 6.07 Å². The summed E-state index contributed by atoms with van der Waals surface area (Å²) in [6, 6.07) is 4.79. The molecule has 0 unspecified atom stereocenters. The molecule has 0 aromatic heterocycles. The molecule has 5 heteroatoms. The predicted octanol–water partition coefficient (Wildman–Crippen LogP) is 1.49. The molecule has 0 radical (unpaired) electrons. The first kappa shape index (κ1) is 13.4. The summed E-state index contributed by atoms with van der Waals surface area (Å²) in [7, 11) is 0. The number of carbonyl (C=O) groups is 2. The molecule has 1 aromatic carbocycles. The quantitative estimate of drug-likeness (QED) is 0.847. The SMILES string of the molecule is Cc1c(O)cccc1C(=O)N1C[C@@H](C)[C@H](C(=O)O)C1. The average Bonchev–Trinajstić information content (AvgIpc) is 2.74. The topological polar surface area (TPSA) is 77.8 Å². The predicted molar refractivity (Wildman–Crippen MR) is 69.0 cm³/mol. The van der Waals surface area contributed by atoms with Gasteiger partial charge >= 0.3 is 5.97 Å². The van der Waals surface area contributed by atoms with Gasteiger partial charge in [-0.25, -0.2) is 0 Å². The monoisotopic (exact) mass is 263 g/mol. The normalized spacial score (nSPS) is 22.5. The number of hydrogen-bond donors (Lipinski definition) is 2. The largest absolute Gasteiger partial charge is 0.508 e. The number of likely N-dealkylation sites (tertiary alicyclic amines) is 1. The molecule has 2 N–H and O–H groups in total. The first-order chi connectivity index (χ1) is 8.91. The summed E-state index contributed by atoms with van der Waals surface area (Å²) in [6.45, 7) is 4.17. The standard InChI is InChI=1S/C14H17NO4/c1-8-6-15(7-11(8)14(18)19)13(17)10-4-3-5-12(16)9(10)2/h3-5,8,11,16H,6-7H2,1-2H3,(H,18,19)/t8-,11-/m1/s1. The van der Waals surface area contributed by atoms with E-state index in [2.05, 4.69) is 0 Å². The van der Waals surface area contributed by atoms with Gasteiger partial charge < -0.3 is 15.1 Å². The molecule has 2 rings (SSSR count). The van der Waals surface area contributed by atoms with Crippen LogP contribution in [0, 0.1) is 18.8 Å². The number of carboxylic acids is 1. The van der Waals surface area contributed by atoms with E-state index in [-0.39, 0.29) is 24.1 Å². The fourth-order valence-electron chi connectivity index (χ4n) is 2.48. The lowest BCUT2D eigenvalue weighted by molar-refractivity contribution is -0.142. The van der Waals surface area contributed by atoms with E-state index in [0.717, 1.165) is 0 Å². The Bertz CT molecular complexity index is 526. The maximum Gasteiger partial charge on any atom is 0.308 e. The van der Waals surface area contributed by atoms with Crippen molar-refractivity contribution in [3.05, 3.63) is 29.3 Å². The highest BCUT2D eigenvalue weighted by Gasteiger charge is 2.37. The Morgan fingerprint density at radius 2 is 2.00 bits per heavy atom. The summed E-state index contributed by atoms with van der Waals surface area (Å²) in [6.07, 6.45) is 0. The Morgan fingerprint density at radius 3 is 2.58 bits per heavy atom. The Balaban J connectivity index is 2.22. The van der Waals surface area contributed by atoms with Crippen molar-refractivity contribution >= 4 is 11.9 Å². The lowest BCUT2D eigenvalue weighted by atomic mass is 9.99. The second-order valence-corrected chi connectivity index (χ2v) is 5.08. The van der Waals surface area contributed by atoms with Crippen LogP contribution >= 0.6 is 0 Å². The number of rotatable bonds is 2. The minimum Gasteiger partial charge on any atom is -0.508 e. The first-order valence-corrected chi connectivity index (χ1v) is 6.22. The molecule has 1 amide bonds. The zero-order valence-electron chi connectivity index (χ0n) is 11.0. The molecule has 0 spiro atoms. The van der Waals surface area contributed by atoms with Crippen LogP contribution in [0.3, 0.4) is 0 Å². The number of carbonyl (C=O) groups excluding carboxylic acids is 1. The van der Waals surface area contributed by atoms with E-state index in [9.17, 15) is 14.7 Å². The van der Waals surface area contributed by atoms with Crippen molar-refractivity contribution in [2.75, 3.05) is 13.1 Å². The highest BCUT2D eigenvalue weighted by atomic mass is 16.4. The van der Waals surface area contributed by atoms with Crippen molar-refractivity contribution < 1.29 is 19.8 Å². The maximum absolute atomic E-state index is 12.4. The molecule has 102 valence electrons. The summed E-state index contributed by atoms with van der Waals surface area (Å²) in [5.74, 6) is -1.58. The minimum atomic E-state index is -0.865. The molecule has 1 heterocycles. The number of phenolic OH excluding ortho intramolecular Hbond substituents is 1. The molecule has 1 aliphatic heterocycles. The summed E-state index contributed by atoms with van der Waals surface area (Å²) in [5, 5.41) is 18.7. The molecule has 1 saturated heterocycles. The van der Waals surface area contributed by atoms with Gasteiger partial charge in [0.1, 0.15) is 5.75 Å². The van der Waals surface area contributed by atoms with Gasteiger partial charge in [-0.1, -0.05) is 13.0 Å². The van der Waals surface area contributed by atoms with Crippen molar-refractivity contribution in [2.45, 2.75) is 13.8 Å². The summed E-state index contributed by atoms with van der Waals surface area (Å²) >= 11 is 0. The fourth-order valence-corrected chi connectivity index (χ4v) is 2.48. The van der Waals surface area contributed by atoms with Gasteiger partial charge in [0.25, 0.3) is 5.91 Å². The van der Waals surface area contributed by atoms with E-state index in [1.807, 2.05) is 6.92 Å². The van der Waals surface area contributed by atoms with Gasteiger partial charge in [-0.2, -0.15) is 0 Å². The van der Waals surface area contributed by atoms with Crippen LogP contribution < -0.4 is 0 Å². The van der Waals surface area contributed by atoms with Crippen molar-refractivity contribution in [2.24, 2.45) is 11.8 Å². The zero-order valence-corrected chi connectivity index (χ0v) is 11.0. The molecule has 0 bridgehead atoms. The number of benzene rings is 1. The molecule has 2 atom stereocenters. The third-order valence-corrected chi connectivity index (χ3v) is 3.75. The highest BCUT2D eigenvalue weighted by molar-refractivity contribution is 5.96. The van der Waals surface area contributed by atoms with Crippen LogP contribution in [0.15, 0.2) is 18.2 Å². The smallest absolute Gasteiger partial charge is 0.308 e. The van der Waals surface area contributed by atoms with Crippen LogP contribution in [-0.2, 0) is 4.79 Å². The number of hydrogen-bond acceptors (Lipinski definition) is 3. The second kappa shape index (κ2) is 4.91. The van der Waals surface area contributed by atoms with Gasteiger partial charge in [0.05, 0.1) is 5.92 Å². The van der Waals surface area contributed by atoms with Crippen molar-refractivity contribution in [3.63, 3.8) is 0 Å². The van der Waals surface area contributed by atoms with Gasteiger partial charge in [-0.15, -0.1) is 0 Å². The van der Waals surface area contributed by atoms with Crippen molar-refractivity contribution in [1.29, 1.82) is 0 Å². The molecule has 0 aliphatic carbocycles. The van der Waals surface area contributed by atoms with Gasteiger partial charge in [0.15, 0.2) is 0 Å². The fraction of sp³-hybridized carbons (Fsp3) is 0.429. The van der Waals surface area contributed by atoms with Crippen LogP contribution in [0.1, 0.15) is 22.8 Å². The summed E-state index contributed by atoms with van der Waals surface area (Å²) in [5.41, 5.74) is 0.956. The molecule has 0 saturated carbocycles. The Kier molecular flexibility index (Phi) is 3.46. The van der Waals surface area contributed by atoms with Crippen LogP contribution in [0.25, 0.3) is 0 Å². The van der Waals surface area contributed by atoms with E-state index >= 15 is 0 Å². The lowest BCUT2D eigenvalue weighted by Crippen LogP contribution is -2.30. The number of nitrogens with zero attached hydrogens (tertiary/aromatic N) is 1. The number of amides is 1. The molecule has 19 heavy (non-hydrogen) atoms. The molecule has 1 aliphatic rings. The van der Waals surface area contributed by atoms with Crippen LogP contribution in [0.2, 0.25) is 0 Å². The molecule has 1 aromatic rings. The van der Waals surface area contributed by atoms with Crippen LogP contribution in [0.5, 0.6) is 5.75 Å². The van der Waals surface area contributed by atoms with E-state index < -0.39 is 11.9 Å². The molecule has 1 fully saturated rings. The zero-order chi connectivity index (χ0) is 14.2. The summed E-state index contributed by atoms with van der Waals surface area (Å²) < 4.78 is 0. The van der Waals surface area contributed by atoms with Gasteiger partial charge in [0, 0.05) is 24.2 Å². The first-order valence-electron chi connectivity index (χ1n) is 6.22. The lowest BCUT2D eigenvalue weighted by Gasteiger charge is -2.17. The number of aliphatic carboxylic acids is 1. The number of phenols is 1. The molecular formula is C14H17NO4. The van der Waals surface area contributed by atoms with Crippen molar-refractivity contribution in [3.8, 4) is 5.75 Å². The van der Waals surface area contributed by atoms with Gasteiger partial charge in [-0.05, 0) is 25.0 Å². The molecule has 5 nitrogen and oxygen atoms in total. The Hall–Kier alpha value is -2.04. The van der Waals surface area contributed by atoms with E-state index in [4.69, 9.17) is 5.11 Å². The average molecular weight is 263 g/mol. The number of carboxylic acid groups (broad SMARTS) is 1. The Morgan fingerprint density at radius 1 is 1.32 bits per heavy atom. The van der Waals surface area contributed by atoms with E-state index in [1.54, 1.807) is 24.0 Å². The maximum atomic E-state index is 12.4. The van der Waals surface area contributed by atoms with Gasteiger partial charge in [0.2, 0.25) is 0 Å². The molecular weight excluding hydrogens is 246 g/mol. The second-order valence-electron chi connectivity index (χ2n) is 5.08.